The molecule has 0 aromatic heterocycles. The number of para-hydroxylation sites is 1. The lowest BCUT2D eigenvalue weighted by molar-refractivity contribution is 0.282. The molecule has 3 nitrogen and oxygen atoms in total. The minimum absolute atomic E-state index is 0.00960. The average Bonchev–Trinajstić information content (AvgIpc) is 2.81. The van der Waals surface area contributed by atoms with Crippen molar-refractivity contribution in [2.45, 2.75) is 13.0 Å². The minimum Gasteiger partial charge on any atom is -0.508 e. The zero-order chi connectivity index (χ0) is 24.2. The quantitative estimate of drug-likeness (QED) is 0.189. The van der Waals surface area contributed by atoms with Crippen LogP contribution < -0.4 is 0 Å². The second kappa shape index (κ2) is 14.7. The van der Waals surface area contributed by atoms with Crippen LogP contribution in [0.15, 0.2) is 91.0 Å². The number of halogens is 4. The molecule has 0 atom stereocenters. The van der Waals surface area contributed by atoms with Crippen LogP contribution in [0.1, 0.15) is 16.7 Å². The van der Waals surface area contributed by atoms with Gasteiger partial charge in [-0.15, -0.1) is 0 Å². The maximum Gasteiger partial charge on any atom is 0.115 e. The summed E-state index contributed by atoms with van der Waals surface area (Å²) in [5, 5.41) is 28.0. The zero-order valence-corrected chi connectivity index (χ0v) is 23.3. The van der Waals surface area contributed by atoms with Crippen LogP contribution in [-0.2, 0) is 13.0 Å². The standard InChI is InChI=1S/C13H10ClIO.C7H6ClIO.C6H6O/c14-13-6-3-11(15)8-10(13)7-9-1-4-12(16)5-2-9;8-7-2-1-6(9)3-5(7)4-10;7-6-4-2-1-3-5-6/h1-6,8,16H,7H2;1-3,10H,4H2;1-5,7H. The number of phenolic OH excluding ortho intramolecular Hbond substituents is 2. The van der Waals surface area contributed by atoms with Crippen LogP contribution in [0, 0.1) is 7.14 Å². The van der Waals surface area contributed by atoms with Gasteiger partial charge >= 0.3 is 0 Å². The van der Waals surface area contributed by atoms with E-state index in [-0.39, 0.29) is 12.4 Å². The third-order valence-electron chi connectivity index (χ3n) is 4.27. The number of hydrogen-bond acceptors (Lipinski definition) is 3. The molecule has 4 rings (SSSR count). The van der Waals surface area contributed by atoms with Crippen LogP contribution >= 0.6 is 68.4 Å². The van der Waals surface area contributed by atoms with Crippen molar-refractivity contribution in [2.24, 2.45) is 0 Å². The minimum atomic E-state index is 0.00960. The Bertz CT molecular complexity index is 1140. The summed E-state index contributed by atoms with van der Waals surface area (Å²) >= 11 is 16.3. The van der Waals surface area contributed by atoms with Gasteiger partial charge in [0.15, 0.2) is 0 Å². The molecular formula is C26H22Cl2I2O3. The first-order valence-electron chi connectivity index (χ1n) is 9.79. The van der Waals surface area contributed by atoms with Gasteiger partial charge in [-0.3, -0.25) is 0 Å². The van der Waals surface area contributed by atoms with E-state index >= 15 is 0 Å². The van der Waals surface area contributed by atoms with E-state index in [1.54, 1.807) is 42.5 Å². The second-order valence-corrected chi connectivity index (χ2v) is 10.1. The van der Waals surface area contributed by atoms with Crippen molar-refractivity contribution in [3.8, 4) is 11.5 Å². The van der Waals surface area contributed by atoms with Gasteiger partial charge in [0.1, 0.15) is 11.5 Å². The smallest absolute Gasteiger partial charge is 0.115 e. The molecule has 0 heterocycles. The molecule has 3 N–H and O–H groups in total. The number of phenols is 2. The Hall–Kier alpha value is -1.52. The van der Waals surface area contributed by atoms with Crippen molar-refractivity contribution >= 4 is 68.4 Å². The fourth-order valence-corrected chi connectivity index (χ4v) is 4.08. The molecule has 0 aliphatic carbocycles. The van der Waals surface area contributed by atoms with Gasteiger partial charge in [0.2, 0.25) is 0 Å². The highest BCUT2D eigenvalue weighted by molar-refractivity contribution is 14.1. The van der Waals surface area contributed by atoms with Gasteiger partial charge in [-0.1, -0.05) is 53.5 Å². The SMILES string of the molecule is OCc1cc(I)ccc1Cl.Oc1ccc(Cc2cc(I)ccc2Cl)cc1.Oc1ccccc1. The first-order valence-corrected chi connectivity index (χ1v) is 12.7. The van der Waals surface area contributed by atoms with Crippen molar-refractivity contribution in [3.05, 3.63) is 125 Å². The first-order chi connectivity index (χ1) is 15.8. The van der Waals surface area contributed by atoms with E-state index in [2.05, 4.69) is 51.2 Å². The van der Waals surface area contributed by atoms with Crippen LogP contribution in [0.25, 0.3) is 0 Å². The van der Waals surface area contributed by atoms with E-state index < -0.39 is 0 Å². The lowest BCUT2D eigenvalue weighted by Crippen LogP contribution is -1.90. The predicted octanol–water partition coefficient (Wildman–Crippen LogP) is 8.07. The molecule has 33 heavy (non-hydrogen) atoms. The fourth-order valence-electron chi connectivity index (χ4n) is 2.60. The number of aromatic hydroxyl groups is 2. The molecule has 4 aromatic carbocycles. The Morgan fingerprint density at radius 3 is 1.55 bits per heavy atom. The number of hydrogen-bond donors (Lipinski definition) is 3. The maximum atomic E-state index is 9.19. The van der Waals surface area contributed by atoms with Gasteiger partial charge in [0, 0.05) is 17.2 Å². The second-order valence-electron chi connectivity index (χ2n) is 6.81. The van der Waals surface area contributed by atoms with Crippen LogP contribution in [0.3, 0.4) is 0 Å². The van der Waals surface area contributed by atoms with Crippen molar-refractivity contribution < 1.29 is 15.3 Å². The summed E-state index contributed by atoms with van der Waals surface area (Å²) in [6, 6.07) is 27.5. The number of aliphatic hydroxyl groups excluding tert-OH is 1. The summed E-state index contributed by atoms with van der Waals surface area (Å²) in [6.45, 7) is 0.00960. The third kappa shape index (κ3) is 10.5. The number of rotatable bonds is 3. The van der Waals surface area contributed by atoms with Gasteiger partial charge in [-0.2, -0.15) is 0 Å². The molecule has 0 bridgehead atoms. The van der Waals surface area contributed by atoms with Crippen LogP contribution in [-0.4, -0.2) is 15.3 Å². The topological polar surface area (TPSA) is 60.7 Å². The molecule has 0 saturated heterocycles. The Morgan fingerprint density at radius 1 is 0.606 bits per heavy atom. The molecule has 7 heteroatoms. The van der Waals surface area contributed by atoms with E-state index in [0.717, 1.165) is 31.7 Å². The Morgan fingerprint density at radius 2 is 1.09 bits per heavy atom. The molecule has 0 aliphatic heterocycles. The highest BCUT2D eigenvalue weighted by Crippen LogP contribution is 2.22. The Balaban J connectivity index is 0.000000193. The zero-order valence-electron chi connectivity index (χ0n) is 17.4. The van der Waals surface area contributed by atoms with E-state index in [9.17, 15) is 5.11 Å². The van der Waals surface area contributed by atoms with E-state index in [1.165, 1.54) is 3.57 Å². The number of benzene rings is 4. The van der Waals surface area contributed by atoms with Gasteiger partial charge in [0.05, 0.1) is 6.61 Å². The van der Waals surface area contributed by atoms with Crippen molar-refractivity contribution in [1.29, 1.82) is 0 Å². The summed E-state index contributed by atoms with van der Waals surface area (Å²) in [5.41, 5.74) is 3.04. The summed E-state index contributed by atoms with van der Waals surface area (Å²) in [4.78, 5) is 0. The van der Waals surface area contributed by atoms with Crippen LogP contribution in [0.4, 0.5) is 0 Å². The Kier molecular flexibility index (Phi) is 12.3. The monoisotopic (exact) mass is 706 g/mol. The van der Waals surface area contributed by atoms with E-state index in [1.807, 2.05) is 42.5 Å². The highest BCUT2D eigenvalue weighted by Gasteiger charge is 2.03. The first kappa shape index (κ1) is 27.7. The third-order valence-corrected chi connectivity index (χ3v) is 6.35. The Labute approximate surface area is 231 Å². The van der Waals surface area contributed by atoms with E-state index in [0.29, 0.717) is 10.8 Å². The van der Waals surface area contributed by atoms with E-state index in [4.69, 9.17) is 33.4 Å². The summed E-state index contributed by atoms with van der Waals surface area (Å²) in [5.74, 6) is 0.611. The number of aliphatic hydroxyl groups is 1. The summed E-state index contributed by atoms with van der Waals surface area (Å²) in [7, 11) is 0. The fraction of sp³-hybridized carbons (Fsp3) is 0.0769. The molecule has 0 fully saturated rings. The molecule has 0 radical (unpaired) electrons. The van der Waals surface area contributed by atoms with Gasteiger partial charge < -0.3 is 15.3 Å². The van der Waals surface area contributed by atoms with Crippen LogP contribution in [0.5, 0.6) is 11.5 Å². The molecule has 0 unspecified atom stereocenters. The average molecular weight is 707 g/mol. The molecule has 0 saturated carbocycles. The molecule has 0 aliphatic rings. The maximum absolute atomic E-state index is 9.19. The summed E-state index contributed by atoms with van der Waals surface area (Å²) < 4.78 is 2.27. The largest absolute Gasteiger partial charge is 0.508 e. The normalized spacial score (nSPS) is 9.85. The van der Waals surface area contributed by atoms with Crippen molar-refractivity contribution in [1.82, 2.24) is 0 Å². The van der Waals surface area contributed by atoms with Crippen LogP contribution in [0.2, 0.25) is 10.0 Å². The predicted molar refractivity (Wildman–Crippen MR) is 153 cm³/mol. The molecule has 0 amide bonds. The van der Waals surface area contributed by atoms with Gasteiger partial charge in [0.25, 0.3) is 0 Å². The summed E-state index contributed by atoms with van der Waals surface area (Å²) in [6.07, 6.45) is 0.788. The molecule has 4 aromatic rings. The molecule has 172 valence electrons. The lowest BCUT2D eigenvalue weighted by Gasteiger charge is -2.05. The highest BCUT2D eigenvalue weighted by atomic mass is 127. The molecular weight excluding hydrogens is 685 g/mol. The van der Waals surface area contributed by atoms with Gasteiger partial charge in [-0.05, 0) is 129 Å². The molecule has 0 spiro atoms. The van der Waals surface area contributed by atoms with Crippen molar-refractivity contribution in [2.75, 3.05) is 0 Å². The lowest BCUT2D eigenvalue weighted by atomic mass is 10.1. The van der Waals surface area contributed by atoms with Gasteiger partial charge in [-0.25, -0.2) is 0 Å². The van der Waals surface area contributed by atoms with Crippen molar-refractivity contribution in [3.63, 3.8) is 0 Å².